The molecule has 0 aliphatic carbocycles. The molecule has 0 amide bonds. The lowest BCUT2D eigenvalue weighted by atomic mass is 9.83. The minimum absolute atomic E-state index is 1.27. The highest BCUT2D eigenvalue weighted by atomic mass is 14.2. The molecular weight excluding hydrogens is 348 g/mol. The summed E-state index contributed by atoms with van der Waals surface area (Å²) in [5.41, 5.74) is 9.13. The molecule has 0 bridgehead atoms. The zero-order valence-electron chi connectivity index (χ0n) is 17.2. The van der Waals surface area contributed by atoms with Gasteiger partial charge < -0.3 is 0 Å². The molecule has 0 aliphatic rings. The van der Waals surface area contributed by atoms with Gasteiger partial charge >= 0.3 is 0 Å². The average Bonchev–Trinajstić information content (AvgIpc) is 2.73. The van der Waals surface area contributed by atoms with Crippen LogP contribution in [0.25, 0.3) is 43.8 Å². The zero-order valence-corrected chi connectivity index (χ0v) is 17.2. The van der Waals surface area contributed by atoms with Gasteiger partial charge in [0.15, 0.2) is 0 Å². The van der Waals surface area contributed by atoms with Gasteiger partial charge in [-0.2, -0.15) is 0 Å². The second-order valence-corrected chi connectivity index (χ2v) is 8.04. The highest BCUT2D eigenvalue weighted by molar-refractivity contribution is 6.22. The van der Waals surface area contributed by atoms with Gasteiger partial charge in [0.2, 0.25) is 0 Å². The van der Waals surface area contributed by atoms with Crippen molar-refractivity contribution in [2.75, 3.05) is 0 Å². The molecular formula is C29H24. The van der Waals surface area contributed by atoms with Crippen molar-refractivity contribution >= 4 is 21.5 Å². The Morgan fingerprint density at radius 3 is 1.69 bits per heavy atom. The molecule has 0 unspecified atom stereocenters. The molecule has 0 N–H and O–H groups in total. The van der Waals surface area contributed by atoms with Gasteiger partial charge in [0.05, 0.1) is 0 Å². The molecule has 0 aromatic heterocycles. The van der Waals surface area contributed by atoms with E-state index < -0.39 is 0 Å². The zero-order chi connectivity index (χ0) is 20.0. The Bertz CT molecular complexity index is 1340. The molecule has 0 saturated heterocycles. The summed E-state index contributed by atoms with van der Waals surface area (Å²) in [5.74, 6) is 0. The van der Waals surface area contributed by atoms with Crippen molar-refractivity contribution in [3.8, 4) is 22.3 Å². The number of aryl methyl sites for hydroxylation is 3. The van der Waals surface area contributed by atoms with Crippen molar-refractivity contribution < 1.29 is 0 Å². The number of hydrogen-bond donors (Lipinski definition) is 0. The summed E-state index contributed by atoms with van der Waals surface area (Å²) in [5, 5.41) is 5.36. The van der Waals surface area contributed by atoms with Crippen LogP contribution in [0, 0.1) is 20.8 Å². The Balaban J connectivity index is 2.11. The average molecular weight is 373 g/mol. The van der Waals surface area contributed by atoms with Crippen LogP contribution in [0.1, 0.15) is 16.7 Å². The molecule has 29 heavy (non-hydrogen) atoms. The summed E-state index contributed by atoms with van der Waals surface area (Å²) in [4.78, 5) is 0. The van der Waals surface area contributed by atoms with Crippen molar-refractivity contribution in [2.24, 2.45) is 0 Å². The van der Waals surface area contributed by atoms with Gasteiger partial charge in [0, 0.05) is 0 Å². The molecule has 5 rings (SSSR count). The second-order valence-electron chi connectivity index (χ2n) is 8.04. The van der Waals surface area contributed by atoms with Crippen LogP contribution < -0.4 is 0 Å². The number of benzene rings is 5. The van der Waals surface area contributed by atoms with Crippen LogP contribution >= 0.6 is 0 Å². The Labute approximate surface area is 172 Å². The maximum atomic E-state index is 2.35. The molecule has 5 aromatic rings. The third kappa shape index (κ3) is 2.93. The lowest BCUT2D eigenvalue weighted by molar-refractivity contribution is 1.43. The van der Waals surface area contributed by atoms with E-state index in [1.807, 2.05) is 0 Å². The van der Waals surface area contributed by atoms with Crippen LogP contribution in [-0.2, 0) is 0 Å². The first-order valence-corrected chi connectivity index (χ1v) is 10.2. The summed E-state index contributed by atoms with van der Waals surface area (Å²) in [6, 6.07) is 33.2. The molecule has 0 saturated carbocycles. The molecule has 0 aliphatic heterocycles. The summed E-state index contributed by atoms with van der Waals surface area (Å²) in [6.45, 7) is 6.62. The van der Waals surface area contributed by atoms with E-state index in [-0.39, 0.29) is 0 Å². The Morgan fingerprint density at radius 1 is 0.448 bits per heavy atom. The summed E-state index contributed by atoms with van der Waals surface area (Å²) in [6.07, 6.45) is 0. The number of hydrogen-bond acceptors (Lipinski definition) is 0. The van der Waals surface area contributed by atoms with Crippen molar-refractivity contribution in [3.05, 3.63) is 108 Å². The fourth-order valence-corrected chi connectivity index (χ4v) is 4.67. The van der Waals surface area contributed by atoms with Gasteiger partial charge in [-0.3, -0.25) is 0 Å². The minimum Gasteiger partial charge on any atom is -0.0622 e. The van der Waals surface area contributed by atoms with Crippen LogP contribution in [0.15, 0.2) is 91.0 Å². The summed E-state index contributed by atoms with van der Waals surface area (Å²) < 4.78 is 0. The molecule has 0 spiro atoms. The Morgan fingerprint density at radius 2 is 1.03 bits per heavy atom. The van der Waals surface area contributed by atoms with E-state index in [9.17, 15) is 0 Å². The first-order valence-electron chi connectivity index (χ1n) is 10.2. The third-order valence-electron chi connectivity index (χ3n) is 5.84. The van der Waals surface area contributed by atoms with E-state index in [2.05, 4.69) is 112 Å². The normalized spacial score (nSPS) is 11.3. The van der Waals surface area contributed by atoms with Gasteiger partial charge in [-0.15, -0.1) is 0 Å². The molecule has 0 heteroatoms. The number of rotatable bonds is 2. The van der Waals surface area contributed by atoms with Gasteiger partial charge in [-0.25, -0.2) is 0 Å². The summed E-state index contributed by atoms with van der Waals surface area (Å²) >= 11 is 0. The first-order chi connectivity index (χ1) is 14.1. The highest BCUT2D eigenvalue weighted by Gasteiger charge is 2.19. The van der Waals surface area contributed by atoms with Gasteiger partial charge in [0.25, 0.3) is 0 Å². The smallest absolute Gasteiger partial charge is 0.00177 e. The quantitative estimate of drug-likeness (QED) is 0.274. The monoisotopic (exact) mass is 372 g/mol. The van der Waals surface area contributed by atoms with Crippen molar-refractivity contribution in [3.63, 3.8) is 0 Å². The topological polar surface area (TPSA) is 0 Å². The minimum atomic E-state index is 1.27. The lowest BCUT2D eigenvalue weighted by Crippen LogP contribution is -1.94. The predicted octanol–water partition coefficient (Wildman–Crippen LogP) is 8.25. The van der Waals surface area contributed by atoms with Gasteiger partial charge in [-0.05, 0) is 70.1 Å². The maximum Gasteiger partial charge on any atom is -0.00177 e. The van der Waals surface area contributed by atoms with E-state index in [1.54, 1.807) is 0 Å². The van der Waals surface area contributed by atoms with Crippen molar-refractivity contribution in [1.29, 1.82) is 0 Å². The molecule has 140 valence electrons. The Kier molecular flexibility index (Phi) is 4.21. The molecule has 0 nitrogen and oxygen atoms in total. The van der Waals surface area contributed by atoms with Crippen LogP contribution in [0.2, 0.25) is 0 Å². The Hall–Kier alpha value is -3.38. The SMILES string of the molecule is Cc1ccc2c(c1)c(-c1ccccc1)c(-c1ccccc1)c1c(C)cc(C)cc12. The third-order valence-corrected chi connectivity index (χ3v) is 5.84. The van der Waals surface area contributed by atoms with Crippen LogP contribution in [0.3, 0.4) is 0 Å². The molecule has 5 aromatic carbocycles. The van der Waals surface area contributed by atoms with E-state index in [0.29, 0.717) is 0 Å². The van der Waals surface area contributed by atoms with Crippen LogP contribution in [-0.4, -0.2) is 0 Å². The lowest BCUT2D eigenvalue weighted by Gasteiger charge is -2.20. The predicted molar refractivity (Wildman–Crippen MR) is 127 cm³/mol. The van der Waals surface area contributed by atoms with Crippen molar-refractivity contribution in [1.82, 2.24) is 0 Å². The highest BCUT2D eigenvalue weighted by Crippen LogP contribution is 2.45. The fraction of sp³-hybridized carbons (Fsp3) is 0.103. The molecule has 0 atom stereocenters. The van der Waals surface area contributed by atoms with Gasteiger partial charge in [-0.1, -0.05) is 102 Å². The number of fused-ring (bicyclic) bond motifs is 3. The van der Waals surface area contributed by atoms with Crippen LogP contribution in [0.5, 0.6) is 0 Å². The van der Waals surface area contributed by atoms with E-state index in [0.717, 1.165) is 0 Å². The largest absolute Gasteiger partial charge is 0.0622 e. The van der Waals surface area contributed by atoms with Crippen molar-refractivity contribution in [2.45, 2.75) is 20.8 Å². The van der Waals surface area contributed by atoms with E-state index in [1.165, 1.54) is 60.5 Å². The molecule has 0 radical (unpaired) electrons. The first kappa shape index (κ1) is 17.7. The maximum absolute atomic E-state index is 2.35. The molecule has 0 heterocycles. The van der Waals surface area contributed by atoms with Crippen LogP contribution in [0.4, 0.5) is 0 Å². The van der Waals surface area contributed by atoms with Gasteiger partial charge in [0.1, 0.15) is 0 Å². The standard InChI is InChI=1S/C29H24/c1-19-14-15-24-25-18-20(2)16-21(3)27(25)29(23-12-8-5-9-13-23)28(26(24)17-19)22-10-6-4-7-11-22/h4-18H,1-3H3. The fourth-order valence-electron chi connectivity index (χ4n) is 4.67. The van der Waals surface area contributed by atoms with E-state index >= 15 is 0 Å². The summed E-state index contributed by atoms with van der Waals surface area (Å²) in [7, 11) is 0. The second kappa shape index (κ2) is 6.90. The van der Waals surface area contributed by atoms with E-state index in [4.69, 9.17) is 0 Å². The molecule has 0 fully saturated rings.